The van der Waals surface area contributed by atoms with Gasteiger partial charge in [0.25, 0.3) is 0 Å². The number of carbonyl (C=O) groups excluding carboxylic acids is 3. The predicted octanol–water partition coefficient (Wildman–Crippen LogP) is 1.49. The number of carbonyl (C=O) groups is 4. The highest BCUT2D eigenvalue weighted by atomic mass is 16.5. The van der Waals surface area contributed by atoms with Crippen molar-refractivity contribution in [2.75, 3.05) is 14.2 Å². The molecule has 0 spiro atoms. The third-order valence-electron chi connectivity index (χ3n) is 7.83. The number of methoxy groups -OCH3 is 2. The van der Waals surface area contributed by atoms with Gasteiger partial charge in [-0.1, -0.05) is 13.8 Å². The molecule has 0 saturated heterocycles. The van der Waals surface area contributed by atoms with Gasteiger partial charge in [0.05, 0.1) is 18.6 Å². The van der Waals surface area contributed by atoms with Gasteiger partial charge in [-0.3, -0.25) is 24.6 Å². The van der Waals surface area contributed by atoms with Crippen LogP contribution in [0, 0.1) is 23.7 Å². The average Bonchev–Trinajstić information content (AvgIpc) is 2.86. The van der Waals surface area contributed by atoms with Gasteiger partial charge >= 0.3 is 5.97 Å². The number of nitrogens with two attached hydrogens (primary N) is 1. The van der Waals surface area contributed by atoms with Gasteiger partial charge in [-0.25, -0.2) is 5.84 Å². The lowest BCUT2D eigenvalue weighted by Crippen LogP contribution is -2.49. The second-order valence-corrected chi connectivity index (χ2v) is 11.0. The van der Waals surface area contributed by atoms with Crippen LogP contribution in [0.25, 0.3) is 0 Å². The molecule has 2 fully saturated rings. The summed E-state index contributed by atoms with van der Waals surface area (Å²) in [5.74, 6) is 2.98. The summed E-state index contributed by atoms with van der Waals surface area (Å²) in [5.41, 5.74) is 2.19. The molecule has 0 aliphatic heterocycles. The van der Waals surface area contributed by atoms with Gasteiger partial charge < -0.3 is 25.2 Å². The Balaban J connectivity index is 2.00. The van der Waals surface area contributed by atoms with Crippen molar-refractivity contribution in [1.82, 2.24) is 16.1 Å². The van der Waals surface area contributed by atoms with Crippen LogP contribution in [0.4, 0.5) is 0 Å². The number of nitrogens with one attached hydrogen (secondary N) is 3. The number of aliphatic carboxylic acids is 1. The molecule has 6 N–H and O–H groups in total. The van der Waals surface area contributed by atoms with E-state index in [1.54, 1.807) is 14.2 Å². The van der Waals surface area contributed by atoms with Crippen LogP contribution in [0.5, 0.6) is 0 Å². The summed E-state index contributed by atoms with van der Waals surface area (Å²) < 4.78 is 11.1. The van der Waals surface area contributed by atoms with Crippen molar-refractivity contribution in [3.05, 3.63) is 0 Å². The normalized spacial score (nSPS) is 27.7. The second kappa shape index (κ2) is 15.2. The molecule has 0 aromatic carbocycles. The zero-order chi connectivity index (χ0) is 27.5. The number of amides is 3. The first-order valence-corrected chi connectivity index (χ1v) is 13.4. The first-order valence-electron chi connectivity index (χ1n) is 13.4. The predicted molar refractivity (Wildman–Crippen MR) is 137 cm³/mol. The number of hydrogen-bond donors (Lipinski definition) is 5. The first-order chi connectivity index (χ1) is 17.6. The zero-order valence-corrected chi connectivity index (χ0v) is 22.7. The lowest BCUT2D eigenvalue weighted by Gasteiger charge is -2.38. The standard InChI is InChI=1S/C26H46N4O7/c1-15(2)11-18(13-23(31)28-19-8-5-16(6-9-19)26(35)30-27)25(34)29-20(14-24(32)33)17-7-10-21(36-3)22(12-17)37-4/h15-22H,5-14,27H2,1-4H3,(H,28,31)(H,29,34)(H,30,35)(H,32,33)/t16?,17?,18?,19?,20-,21?,22?/m0/s1. The summed E-state index contributed by atoms with van der Waals surface area (Å²) in [6, 6.07) is -0.596. The molecule has 2 saturated carbocycles. The lowest BCUT2D eigenvalue weighted by atomic mass is 9.79. The Kier molecular flexibility index (Phi) is 12.8. The molecule has 0 radical (unpaired) electrons. The van der Waals surface area contributed by atoms with Gasteiger partial charge in [0.1, 0.15) is 0 Å². The molecule has 2 aliphatic carbocycles. The lowest BCUT2D eigenvalue weighted by molar-refractivity contribution is -0.139. The zero-order valence-electron chi connectivity index (χ0n) is 22.7. The topological polar surface area (TPSA) is 169 Å². The third kappa shape index (κ3) is 9.86. The van der Waals surface area contributed by atoms with Gasteiger partial charge in [-0.15, -0.1) is 0 Å². The highest BCUT2D eigenvalue weighted by molar-refractivity contribution is 5.86. The summed E-state index contributed by atoms with van der Waals surface area (Å²) in [6.07, 6.45) is 4.81. The molecule has 0 bridgehead atoms. The van der Waals surface area contributed by atoms with E-state index in [0.29, 0.717) is 38.5 Å². The molecule has 0 heterocycles. The molecule has 0 aromatic rings. The maximum absolute atomic E-state index is 13.4. The fraction of sp³-hybridized carbons (Fsp3) is 0.846. The first kappa shape index (κ1) is 31.0. The fourth-order valence-corrected chi connectivity index (χ4v) is 5.82. The number of hydrogen-bond acceptors (Lipinski definition) is 7. The van der Waals surface area contributed by atoms with E-state index in [9.17, 15) is 24.3 Å². The van der Waals surface area contributed by atoms with E-state index in [2.05, 4.69) is 16.1 Å². The molecular weight excluding hydrogens is 480 g/mol. The number of ether oxygens (including phenoxy) is 2. The highest BCUT2D eigenvalue weighted by Gasteiger charge is 2.37. The van der Waals surface area contributed by atoms with Crippen LogP contribution < -0.4 is 21.9 Å². The Bertz CT molecular complexity index is 770. The molecule has 0 aromatic heterocycles. The van der Waals surface area contributed by atoms with Gasteiger partial charge in [-0.05, 0) is 63.2 Å². The second-order valence-electron chi connectivity index (χ2n) is 11.0. The third-order valence-corrected chi connectivity index (χ3v) is 7.83. The Labute approximate surface area is 219 Å². The van der Waals surface area contributed by atoms with Crippen molar-refractivity contribution in [3.8, 4) is 0 Å². The van der Waals surface area contributed by atoms with Crippen LogP contribution in [0.3, 0.4) is 0 Å². The summed E-state index contributed by atoms with van der Waals surface area (Å²) in [5, 5.41) is 15.5. The molecule has 3 amide bonds. The van der Waals surface area contributed by atoms with Crippen LogP contribution in [0.1, 0.15) is 78.1 Å². The van der Waals surface area contributed by atoms with Crippen molar-refractivity contribution in [2.24, 2.45) is 29.5 Å². The molecule has 5 atom stereocenters. The molecule has 11 nitrogen and oxygen atoms in total. The monoisotopic (exact) mass is 526 g/mol. The molecule has 2 rings (SSSR count). The maximum Gasteiger partial charge on any atom is 0.305 e. The van der Waals surface area contributed by atoms with Gasteiger partial charge in [0, 0.05) is 44.6 Å². The summed E-state index contributed by atoms with van der Waals surface area (Å²) >= 11 is 0. The van der Waals surface area contributed by atoms with E-state index in [0.717, 1.165) is 12.8 Å². The molecule has 37 heavy (non-hydrogen) atoms. The SMILES string of the molecule is COC1CCC([C@H](CC(=O)O)NC(=O)C(CC(=O)NC2CCC(C(=O)NN)CC2)CC(C)C)CC1OC. The van der Waals surface area contributed by atoms with Crippen LogP contribution >= 0.6 is 0 Å². The Morgan fingerprint density at radius 2 is 1.59 bits per heavy atom. The van der Waals surface area contributed by atoms with Crippen molar-refractivity contribution < 1.29 is 33.8 Å². The fourth-order valence-electron chi connectivity index (χ4n) is 5.82. The van der Waals surface area contributed by atoms with Crippen molar-refractivity contribution in [2.45, 2.75) is 102 Å². The van der Waals surface area contributed by atoms with Crippen molar-refractivity contribution >= 4 is 23.7 Å². The minimum atomic E-state index is -0.981. The van der Waals surface area contributed by atoms with Crippen LogP contribution in [0.2, 0.25) is 0 Å². The summed E-state index contributed by atoms with van der Waals surface area (Å²) in [4.78, 5) is 49.6. The molecule has 11 heteroatoms. The Hall–Kier alpha value is -2.24. The van der Waals surface area contributed by atoms with E-state index in [1.165, 1.54) is 0 Å². The highest BCUT2D eigenvalue weighted by Crippen LogP contribution is 2.32. The van der Waals surface area contributed by atoms with Crippen molar-refractivity contribution in [3.63, 3.8) is 0 Å². The molecule has 2 aliphatic rings. The van der Waals surface area contributed by atoms with Crippen LogP contribution in [-0.4, -0.2) is 67.3 Å². The molecule has 4 unspecified atom stereocenters. The van der Waals surface area contributed by atoms with Crippen molar-refractivity contribution in [1.29, 1.82) is 0 Å². The quantitative estimate of drug-likeness (QED) is 0.137. The number of carboxylic acid groups (broad SMARTS) is 1. The van der Waals surface area contributed by atoms with E-state index >= 15 is 0 Å². The largest absolute Gasteiger partial charge is 0.481 e. The van der Waals surface area contributed by atoms with E-state index < -0.39 is 17.9 Å². The van der Waals surface area contributed by atoms with Crippen LogP contribution in [-0.2, 0) is 28.7 Å². The minimum absolute atomic E-state index is 0.0319. The smallest absolute Gasteiger partial charge is 0.305 e. The Morgan fingerprint density at radius 3 is 2.14 bits per heavy atom. The van der Waals surface area contributed by atoms with Gasteiger partial charge in [-0.2, -0.15) is 0 Å². The Morgan fingerprint density at radius 1 is 0.946 bits per heavy atom. The summed E-state index contributed by atoms with van der Waals surface area (Å²) in [7, 11) is 3.25. The number of rotatable bonds is 13. The van der Waals surface area contributed by atoms with E-state index in [-0.39, 0.29) is 66.6 Å². The molecular formula is C26H46N4O7. The number of hydrazine groups is 1. The minimum Gasteiger partial charge on any atom is -0.481 e. The van der Waals surface area contributed by atoms with Gasteiger partial charge in [0.2, 0.25) is 17.7 Å². The molecule has 212 valence electrons. The average molecular weight is 527 g/mol. The maximum atomic E-state index is 13.4. The van der Waals surface area contributed by atoms with Crippen LogP contribution in [0.15, 0.2) is 0 Å². The number of carboxylic acids is 1. The van der Waals surface area contributed by atoms with Gasteiger partial charge in [0.15, 0.2) is 0 Å². The van der Waals surface area contributed by atoms with E-state index in [4.69, 9.17) is 15.3 Å². The van der Waals surface area contributed by atoms with E-state index in [1.807, 2.05) is 13.8 Å². The summed E-state index contributed by atoms with van der Waals surface area (Å²) in [6.45, 7) is 3.98.